The Hall–Kier alpha value is -1.14. The molecule has 0 spiro atoms. The molecule has 0 atom stereocenters. The van der Waals surface area contributed by atoms with Crippen LogP contribution < -0.4 is 0 Å². The van der Waals surface area contributed by atoms with Crippen molar-refractivity contribution < 1.29 is 8.78 Å². The zero-order valence-electron chi connectivity index (χ0n) is 11.2. The Morgan fingerprint density at radius 2 is 1.95 bits per heavy atom. The van der Waals surface area contributed by atoms with Gasteiger partial charge in [0.15, 0.2) is 0 Å². The summed E-state index contributed by atoms with van der Waals surface area (Å²) in [6.45, 7) is 5.56. The zero-order chi connectivity index (χ0) is 15.0. The lowest BCUT2D eigenvalue weighted by Gasteiger charge is -2.13. The second-order valence-corrected chi connectivity index (χ2v) is 6.04. The lowest BCUT2D eigenvalue weighted by molar-refractivity contribution is 0.583. The highest BCUT2D eigenvalue weighted by atomic mass is 79.9. The average molecular weight is 359 g/mol. The van der Waals surface area contributed by atoms with Gasteiger partial charge in [0.05, 0.1) is 15.7 Å². The molecule has 0 amide bonds. The quantitative estimate of drug-likeness (QED) is 0.584. The summed E-state index contributed by atoms with van der Waals surface area (Å²) < 4.78 is 28.8. The molecule has 106 valence electrons. The van der Waals surface area contributed by atoms with E-state index in [1.807, 2.05) is 13.8 Å². The summed E-state index contributed by atoms with van der Waals surface area (Å²) in [5.41, 5.74) is 0.776. The van der Waals surface area contributed by atoms with Gasteiger partial charge in [0.25, 0.3) is 0 Å². The van der Waals surface area contributed by atoms with Crippen molar-refractivity contribution in [2.75, 3.05) is 0 Å². The molecule has 1 heterocycles. The van der Waals surface area contributed by atoms with Gasteiger partial charge in [-0.2, -0.15) is 0 Å². The molecule has 0 aliphatic heterocycles. The molecular formula is C14H13BrF2N2S. The standard InChI is InChI=1S/C14H13BrF2N2S/c1-6(2)13-18-12(7(3)14(20)19-13)10-9(16)5-4-8(15)11(10)17/h4-6H,1-3H3,(H,18,19,20). The third-order valence-electron chi connectivity index (χ3n) is 3.01. The first-order chi connectivity index (χ1) is 9.32. The van der Waals surface area contributed by atoms with E-state index in [1.54, 1.807) is 6.92 Å². The van der Waals surface area contributed by atoms with E-state index in [-0.39, 0.29) is 16.0 Å². The number of hydrogen-bond donors (Lipinski definition) is 1. The largest absolute Gasteiger partial charge is 0.343 e. The number of rotatable bonds is 2. The fourth-order valence-electron chi connectivity index (χ4n) is 1.83. The second-order valence-electron chi connectivity index (χ2n) is 4.80. The molecule has 0 saturated carbocycles. The van der Waals surface area contributed by atoms with Crippen LogP contribution in [-0.2, 0) is 0 Å². The van der Waals surface area contributed by atoms with Crippen molar-refractivity contribution in [1.82, 2.24) is 9.97 Å². The van der Waals surface area contributed by atoms with Crippen LogP contribution in [0.5, 0.6) is 0 Å². The summed E-state index contributed by atoms with van der Waals surface area (Å²) in [5, 5.41) is 0. The van der Waals surface area contributed by atoms with E-state index in [9.17, 15) is 8.78 Å². The Bertz CT molecular complexity index is 726. The highest BCUT2D eigenvalue weighted by molar-refractivity contribution is 9.10. The van der Waals surface area contributed by atoms with E-state index in [1.165, 1.54) is 12.1 Å². The molecule has 2 nitrogen and oxygen atoms in total. The predicted octanol–water partition coefficient (Wildman–Crippen LogP) is 5.28. The number of benzene rings is 1. The first-order valence-electron chi connectivity index (χ1n) is 6.07. The van der Waals surface area contributed by atoms with Crippen LogP contribution in [0.4, 0.5) is 8.78 Å². The number of nitrogens with one attached hydrogen (secondary N) is 1. The number of nitrogens with zero attached hydrogens (tertiary/aromatic N) is 1. The topological polar surface area (TPSA) is 28.7 Å². The van der Waals surface area contributed by atoms with Crippen molar-refractivity contribution in [2.45, 2.75) is 26.7 Å². The lowest BCUT2D eigenvalue weighted by atomic mass is 10.1. The molecule has 0 unspecified atom stereocenters. The average Bonchev–Trinajstić information content (AvgIpc) is 2.38. The normalized spacial score (nSPS) is 11.2. The Balaban J connectivity index is 2.83. The predicted molar refractivity (Wildman–Crippen MR) is 81.3 cm³/mol. The third-order valence-corrected chi connectivity index (χ3v) is 4.02. The number of hydrogen-bond acceptors (Lipinski definition) is 2. The minimum absolute atomic E-state index is 0.0781. The molecule has 0 saturated heterocycles. The summed E-state index contributed by atoms with van der Waals surface area (Å²) >= 11 is 8.25. The van der Waals surface area contributed by atoms with Crippen LogP contribution in [0.15, 0.2) is 16.6 Å². The maximum atomic E-state index is 14.2. The van der Waals surface area contributed by atoms with Crippen LogP contribution >= 0.6 is 28.1 Å². The highest BCUT2D eigenvalue weighted by Crippen LogP contribution is 2.32. The van der Waals surface area contributed by atoms with Crippen molar-refractivity contribution in [3.8, 4) is 11.3 Å². The van der Waals surface area contributed by atoms with Gasteiger partial charge in [-0.1, -0.05) is 26.1 Å². The molecule has 0 bridgehead atoms. The summed E-state index contributed by atoms with van der Waals surface area (Å²) in [6, 6.07) is 2.55. The van der Waals surface area contributed by atoms with E-state index in [2.05, 4.69) is 25.9 Å². The Morgan fingerprint density at radius 1 is 1.30 bits per heavy atom. The van der Waals surface area contributed by atoms with Crippen molar-refractivity contribution >= 4 is 28.1 Å². The molecule has 1 aromatic carbocycles. The first kappa shape index (κ1) is 15.3. The van der Waals surface area contributed by atoms with Gasteiger partial charge in [-0.15, -0.1) is 0 Å². The van der Waals surface area contributed by atoms with Crippen LogP contribution in [-0.4, -0.2) is 9.97 Å². The smallest absolute Gasteiger partial charge is 0.149 e. The number of H-pyrrole nitrogens is 1. The minimum atomic E-state index is -0.653. The Morgan fingerprint density at radius 3 is 2.55 bits per heavy atom. The van der Waals surface area contributed by atoms with Crippen molar-refractivity contribution in [3.05, 3.63) is 44.3 Å². The van der Waals surface area contributed by atoms with E-state index >= 15 is 0 Å². The fourth-order valence-corrected chi connectivity index (χ4v) is 2.36. The van der Waals surface area contributed by atoms with Crippen LogP contribution in [0.2, 0.25) is 0 Å². The van der Waals surface area contributed by atoms with Gasteiger partial charge >= 0.3 is 0 Å². The van der Waals surface area contributed by atoms with Gasteiger partial charge in [-0.3, -0.25) is 0 Å². The minimum Gasteiger partial charge on any atom is -0.343 e. The van der Waals surface area contributed by atoms with E-state index in [0.29, 0.717) is 21.7 Å². The van der Waals surface area contributed by atoms with Gasteiger partial charge in [0.1, 0.15) is 22.1 Å². The fraction of sp³-hybridized carbons (Fsp3) is 0.286. The van der Waals surface area contributed by atoms with E-state index < -0.39 is 11.6 Å². The highest BCUT2D eigenvalue weighted by Gasteiger charge is 2.19. The van der Waals surface area contributed by atoms with Gasteiger partial charge < -0.3 is 4.98 Å². The molecule has 1 N–H and O–H groups in total. The molecule has 1 aromatic heterocycles. The monoisotopic (exact) mass is 358 g/mol. The molecule has 0 aliphatic carbocycles. The van der Waals surface area contributed by atoms with Gasteiger partial charge in [0, 0.05) is 11.5 Å². The van der Waals surface area contributed by atoms with Crippen molar-refractivity contribution in [3.63, 3.8) is 0 Å². The summed E-state index contributed by atoms with van der Waals surface area (Å²) in [4.78, 5) is 7.24. The van der Waals surface area contributed by atoms with Crippen LogP contribution in [0, 0.1) is 23.2 Å². The first-order valence-corrected chi connectivity index (χ1v) is 7.27. The lowest BCUT2D eigenvalue weighted by Crippen LogP contribution is -2.04. The third kappa shape index (κ3) is 2.67. The van der Waals surface area contributed by atoms with Gasteiger partial charge in [-0.05, 0) is 35.0 Å². The Kier molecular flexibility index (Phi) is 4.34. The summed E-state index contributed by atoms with van der Waals surface area (Å²) in [5.74, 6) is -0.608. The Labute approximate surface area is 129 Å². The van der Waals surface area contributed by atoms with Crippen LogP contribution in [0.1, 0.15) is 31.2 Å². The number of aromatic nitrogens is 2. The summed E-state index contributed by atoms with van der Waals surface area (Å²) in [6.07, 6.45) is 0. The second kappa shape index (κ2) is 5.69. The van der Waals surface area contributed by atoms with E-state index in [0.717, 1.165) is 0 Å². The molecule has 2 rings (SSSR count). The van der Waals surface area contributed by atoms with Crippen molar-refractivity contribution in [1.29, 1.82) is 0 Å². The SMILES string of the molecule is Cc1c(-c2c(F)ccc(Br)c2F)[nH]c(C(C)C)nc1=S. The molecule has 0 fully saturated rings. The summed E-state index contributed by atoms with van der Waals surface area (Å²) in [7, 11) is 0. The molecule has 2 aromatic rings. The molecular weight excluding hydrogens is 346 g/mol. The van der Waals surface area contributed by atoms with Crippen LogP contribution in [0.3, 0.4) is 0 Å². The maximum Gasteiger partial charge on any atom is 0.149 e. The van der Waals surface area contributed by atoms with Crippen molar-refractivity contribution in [2.24, 2.45) is 0 Å². The number of aromatic amines is 1. The maximum absolute atomic E-state index is 14.2. The zero-order valence-corrected chi connectivity index (χ0v) is 13.6. The number of halogens is 3. The van der Waals surface area contributed by atoms with Crippen LogP contribution in [0.25, 0.3) is 11.3 Å². The van der Waals surface area contributed by atoms with Gasteiger partial charge in [0.2, 0.25) is 0 Å². The molecule has 0 radical (unpaired) electrons. The van der Waals surface area contributed by atoms with Gasteiger partial charge in [-0.25, -0.2) is 13.8 Å². The molecule has 6 heteroatoms. The molecule has 20 heavy (non-hydrogen) atoms. The van der Waals surface area contributed by atoms with E-state index in [4.69, 9.17) is 12.2 Å². The molecule has 0 aliphatic rings.